The Morgan fingerprint density at radius 3 is 1.19 bits per heavy atom. The molecule has 0 aromatic heterocycles. The zero-order chi connectivity index (χ0) is 29.9. The van der Waals surface area contributed by atoms with Gasteiger partial charge in [0.1, 0.15) is 24.4 Å². The van der Waals surface area contributed by atoms with E-state index >= 15 is 0 Å². The van der Waals surface area contributed by atoms with Gasteiger partial charge in [-0.05, 0) is 22.3 Å². The predicted octanol–water partition coefficient (Wildman–Crippen LogP) is 6.08. The van der Waals surface area contributed by atoms with E-state index in [4.69, 9.17) is 23.1 Å². The molecule has 7 nitrogen and oxygen atoms in total. The Bertz CT molecular complexity index is 1470. The summed E-state index contributed by atoms with van der Waals surface area (Å²) in [7, 11) is -3.83. The first-order chi connectivity index (χ1) is 20.9. The van der Waals surface area contributed by atoms with Gasteiger partial charge in [0, 0.05) is 6.42 Å². The standard InChI is InChI=1S/C35H38O7S/c1-43(36,37)42-32-22-31(38-23-27-14-6-2-7-15-27)33(39-24-28-16-8-3-9-17-28)35(41-26-30-20-12-5-13-21-30)34(32)40-25-29-18-10-4-11-19-29/h2-21,31-35H,22-26H2,1H3/t31-,32-,33+,34-,35-/m1/s1. The molecule has 43 heavy (non-hydrogen) atoms. The van der Waals surface area contributed by atoms with E-state index in [1.807, 2.05) is 121 Å². The van der Waals surface area contributed by atoms with Crippen LogP contribution in [0, 0.1) is 0 Å². The van der Waals surface area contributed by atoms with E-state index in [-0.39, 0.29) is 19.6 Å². The van der Waals surface area contributed by atoms with Crippen LogP contribution >= 0.6 is 0 Å². The summed E-state index contributed by atoms with van der Waals surface area (Å²) in [5.74, 6) is 0. The fourth-order valence-electron chi connectivity index (χ4n) is 5.26. The Morgan fingerprint density at radius 2 is 0.814 bits per heavy atom. The van der Waals surface area contributed by atoms with E-state index in [0.29, 0.717) is 13.2 Å². The van der Waals surface area contributed by atoms with Crippen molar-refractivity contribution in [1.29, 1.82) is 0 Å². The lowest BCUT2D eigenvalue weighted by molar-refractivity contribution is -0.236. The van der Waals surface area contributed by atoms with Crippen molar-refractivity contribution in [2.75, 3.05) is 6.26 Å². The van der Waals surface area contributed by atoms with E-state index in [1.165, 1.54) is 0 Å². The normalized spacial score (nSPS) is 22.3. The molecule has 0 heterocycles. The molecule has 0 N–H and O–H groups in total. The van der Waals surface area contributed by atoms with Gasteiger partial charge in [-0.2, -0.15) is 8.42 Å². The minimum absolute atomic E-state index is 0.240. The first-order valence-electron chi connectivity index (χ1n) is 14.4. The molecule has 0 bridgehead atoms. The lowest BCUT2D eigenvalue weighted by Crippen LogP contribution is -2.60. The first kappa shape index (κ1) is 31.1. The first-order valence-corrected chi connectivity index (χ1v) is 16.3. The monoisotopic (exact) mass is 602 g/mol. The highest BCUT2D eigenvalue weighted by atomic mass is 32.2. The third kappa shape index (κ3) is 9.56. The molecular formula is C35H38O7S. The molecule has 0 radical (unpaired) electrons. The quantitative estimate of drug-likeness (QED) is 0.162. The van der Waals surface area contributed by atoms with Crippen LogP contribution < -0.4 is 0 Å². The Hall–Kier alpha value is -3.37. The molecular weight excluding hydrogens is 564 g/mol. The molecule has 1 aliphatic rings. The Labute approximate surface area is 254 Å². The average molecular weight is 603 g/mol. The smallest absolute Gasteiger partial charge is 0.264 e. The largest absolute Gasteiger partial charge is 0.371 e. The van der Waals surface area contributed by atoms with Crippen molar-refractivity contribution in [3.05, 3.63) is 144 Å². The summed E-state index contributed by atoms with van der Waals surface area (Å²) >= 11 is 0. The highest BCUT2D eigenvalue weighted by molar-refractivity contribution is 7.86. The van der Waals surface area contributed by atoms with Crippen LogP contribution in [0.1, 0.15) is 28.7 Å². The van der Waals surface area contributed by atoms with Gasteiger partial charge < -0.3 is 18.9 Å². The van der Waals surface area contributed by atoms with Gasteiger partial charge in [0.25, 0.3) is 10.1 Å². The van der Waals surface area contributed by atoms with Crippen LogP contribution in [0.25, 0.3) is 0 Å². The second-order valence-corrected chi connectivity index (χ2v) is 12.3. The molecule has 4 aromatic carbocycles. The molecule has 0 spiro atoms. The lowest BCUT2D eigenvalue weighted by Gasteiger charge is -2.45. The van der Waals surface area contributed by atoms with E-state index in [9.17, 15) is 8.42 Å². The van der Waals surface area contributed by atoms with Gasteiger partial charge in [0.15, 0.2) is 0 Å². The minimum Gasteiger partial charge on any atom is -0.371 e. The van der Waals surface area contributed by atoms with Crippen LogP contribution in [0.4, 0.5) is 0 Å². The molecule has 5 rings (SSSR count). The Balaban J connectivity index is 1.47. The second kappa shape index (κ2) is 15.4. The third-order valence-electron chi connectivity index (χ3n) is 7.31. The summed E-state index contributed by atoms with van der Waals surface area (Å²) in [5.41, 5.74) is 3.92. The Kier molecular flexibility index (Phi) is 11.1. The highest BCUT2D eigenvalue weighted by Crippen LogP contribution is 2.34. The Morgan fingerprint density at radius 1 is 0.488 bits per heavy atom. The average Bonchev–Trinajstić information content (AvgIpc) is 3.03. The van der Waals surface area contributed by atoms with Gasteiger partial charge in [-0.3, -0.25) is 4.18 Å². The van der Waals surface area contributed by atoms with Crippen molar-refractivity contribution in [2.45, 2.75) is 63.4 Å². The highest BCUT2D eigenvalue weighted by Gasteiger charge is 2.49. The third-order valence-corrected chi connectivity index (χ3v) is 7.90. The number of benzene rings is 4. The van der Waals surface area contributed by atoms with E-state index in [2.05, 4.69) is 0 Å². The van der Waals surface area contributed by atoms with E-state index in [1.54, 1.807) is 0 Å². The number of ether oxygens (including phenoxy) is 4. The molecule has 4 aromatic rings. The number of hydrogen-bond donors (Lipinski definition) is 0. The molecule has 5 atom stereocenters. The maximum atomic E-state index is 12.5. The SMILES string of the molecule is CS(=O)(=O)O[C@@H]1C[C@@H](OCc2ccccc2)[C@H](OCc2ccccc2)[C@@H](OCc2ccccc2)[C@@H]1OCc1ccccc1. The van der Waals surface area contributed by atoms with Gasteiger partial charge in [-0.1, -0.05) is 121 Å². The topological polar surface area (TPSA) is 80.3 Å². The zero-order valence-electron chi connectivity index (χ0n) is 24.2. The van der Waals surface area contributed by atoms with Crippen molar-refractivity contribution in [3.63, 3.8) is 0 Å². The van der Waals surface area contributed by atoms with Crippen molar-refractivity contribution in [1.82, 2.24) is 0 Å². The van der Waals surface area contributed by atoms with Crippen LogP contribution in [-0.2, 0) is 59.7 Å². The summed E-state index contributed by atoms with van der Waals surface area (Å²) in [6.45, 7) is 1.17. The maximum absolute atomic E-state index is 12.5. The van der Waals surface area contributed by atoms with Crippen molar-refractivity contribution in [3.8, 4) is 0 Å². The fourth-order valence-corrected chi connectivity index (χ4v) is 5.90. The second-order valence-electron chi connectivity index (χ2n) is 10.7. The van der Waals surface area contributed by atoms with Crippen LogP contribution in [0.15, 0.2) is 121 Å². The van der Waals surface area contributed by atoms with Crippen LogP contribution in [-0.4, -0.2) is 45.2 Å². The number of hydrogen-bond acceptors (Lipinski definition) is 7. The molecule has 1 aliphatic carbocycles. The zero-order valence-corrected chi connectivity index (χ0v) is 25.1. The van der Waals surface area contributed by atoms with Crippen molar-refractivity contribution >= 4 is 10.1 Å². The molecule has 226 valence electrons. The van der Waals surface area contributed by atoms with Crippen LogP contribution in [0.5, 0.6) is 0 Å². The summed E-state index contributed by atoms with van der Waals surface area (Å²) in [6, 6.07) is 39.3. The molecule has 1 fully saturated rings. The van der Waals surface area contributed by atoms with Crippen LogP contribution in [0.3, 0.4) is 0 Å². The van der Waals surface area contributed by atoms with Gasteiger partial charge in [0.2, 0.25) is 0 Å². The van der Waals surface area contributed by atoms with Gasteiger partial charge in [0.05, 0.1) is 38.8 Å². The molecule has 1 saturated carbocycles. The molecule has 8 heteroatoms. The van der Waals surface area contributed by atoms with Crippen molar-refractivity contribution in [2.24, 2.45) is 0 Å². The van der Waals surface area contributed by atoms with E-state index in [0.717, 1.165) is 28.5 Å². The lowest BCUT2D eigenvalue weighted by atomic mass is 9.86. The molecule has 0 amide bonds. The molecule has 0 unspecified atom stereocenters. The predicted molar refractivity (Wildman–Crippen MR) is 164 cm³/mol. The van der Waals surface area contributed by atoms with Crippen LogP contribution in [0.2, 0.25) is 0 Å². The van der Waals surface area contributed by atoms with Gasteiger partial charge in [-0.15, -0.1) is 0 Å². The van der Waals surface area contributed by atoms with Crippen molar-refractivity contribution < 1.29 is 31.5 Å². The minimum atomic E-state index is -3.83. The fraction of sp³-hybridized carbons (Fsp3) is 0.314. The summed E-state index contributed by atoms with van der Waals surface area (Å²) in [4.78, 5) is 0. The van der Waals surface area contributed by atoms with Gasteiger partial charge >= 0.3 is 0 Å². The molecule has 0 saturated heterocycles. The summed E-state index contributed by atoms with van der Waals surface area (Å²) < 4.78 is 56.8. The maximum Gasteiger partial charge on any atom is 0.264 e. The molecule has 0 aliphatic heterocycles. The number of rotatable bonds is 14. The summed E-state index contributed by atoms with van der Waals surface area (Å²) in [5, 5.41) is 0. The van der Waals surface area contributed by atoms with E-state index < -0.39 is 40.6 Å². The van der Waals surface area contributed by atoms with Gasteiger partial charge in [-0.25, -0.2) is 0 Å². The summed E-state index contributed by atoms with van der Waals surface area (Å²) in [6.07, 6.45) is -2.12.